The van der Waals surface area contributed by atoms with E-state index in [4.69, 9.17) is 0 Å². The van der Waals surface area contributed by atoms with E-state index in [9.17, 15) is 14.0 Å². The van der Waals surface area contributed by atoms with Gasteiger partial charge in [0.15, 0.2) is 0 Å². The zero-order valence-electron chi connectivity index (χ0n) is 12.4. The van der Waals surface area contributed by atoms with Crippen LogP contribution in [0.5, 0.6) is 0 Å². The number of nitrogens with one attached hydrogen (secondary N) is 1. The molecule has 1 aliphatic heterocycles. The monoisotopic (exact) mass is 292 g/mol. The number of amides is 2. The van der Waals surface area contributed by atoms with Crippen molar-refractivity contribution in [1.82, 2.24) is 10.2 Å². The van der Waals surface area contributed by atoms with Gasteiger partial charge in [0.05, 0.1) is 12.0 Å². The van der Waals surface area contributed by atoms with E-state index in [0.29, 0.717) is 24.9 Å². The molecule has 1 fully saturated rings. The third-order valence-electron chi connectivity index (χ3n) is 3.94. The molecule has 0 aliphatic carbocycles. The minimum Gasteiger partial charge on any atom is -0.356 e. The fourth-order valence-corrected chi connectivity index (χ4v) is 2.84. The van der Waals surface area contributed by atoms with Crippen LogP contribution in [0.4, 0.5) is 4.39 Å². The Balaban J connectivity index is 2.29. The summed E-state index contributed by atoms with van der Waals surface area (Å²) in [6.45, 7) is 2.60. The second-order valence-corrected chi connectivity index (χ2v) is 5.44. The van der Waals surface area contributed by atoms with Crippen LogP contribution in [0.2, 0.25) is 0 Å². The third kappa shape index (κ3) is 3.40. The van der Waals surface area contributed by atoms with Crippen LogP contribution in [0.1, 0.15) is 37.8 Å². The highest BCUT2D eigenvalue weighted by Gasteiger charge is 2.38. The molecule has 5 heteroatoms. The van der Waals surface area contributed by atoms with Gasteiger partial charge >= 0.3 is 0 Å². The predicted molar refractivity (Wildman–Crippen MR) is 77.9 cm³/mol. The Hall–Kier alpha value is -1.91. The molecule has 0 bridgehead atoms. The lowest BCUT2D eigenvalue weighted by Gasteiger charge is -2.38. The molecule has 1 N–H and O–H groups in total. The highest BCUT2D eigenvalue weighted by molar-refractivity contribution is 5.84. The molecule has 1 heterocycles. The molecule has 2 rings (SSSR count). The van der Waals surface area contributed by atoms with Crippen LogP contribution in [-0.2, 0) is 9.59 Å². The molecule has 2 atom stereocenters. The molecule has 0 radical (unpaired) electrons. The highest BCUT2D eigenvalue weighted by atomic mass is 19.1. The number of carbonyl (C=O) groups is 2. The van der Waals surface area contributed by atoms with E-state index in [0.717, 1.165) is 6.42 Å². The lowest BCUT2D eigenvalue weighted by Crippen LogP contribution is -2.46. The van der Waals surface area contributed by atoms with E-state index in [1.807, 2.05) is 6.92 Å². The lowest BCUT2D eigenvalue weighted by atomic mass is 9.84. The maximum absolute atomic E-state index is 13.5. The maximum Gasteiger partial charge on any atom is 0.225 e. The molecule has 21 heavy (non-hydrogen) atoms. The van der Waals surface area contributed by atoms with Crippen molar-refractivity contribution in [3.63, 3.8) is 0 Å². The first kappa shape index (κ1) is 15.5. The Kier molecular flexibility index (Phi) is 4.94. The van der Waals surface area contributed by atoms with E-state index in [1.54, 1.807) is 24.1 Å². The summed E-state index contributed by atoms with van der Waals surface area (Å²) < 4.78 is 13.5. The number of likely N-dealkylation sites (tertiary alicyclic amines) is 1. The molecule has 1 aromatic carbocycles. The number of halogens is 1. The zero-order chi connectivity index (χ0) is 15.4. The molecule has 2 unspecified atom stereocenters. The van der Waals surface area contributed by atoms with Gasteiger partial charge in [0, 0.05) is 20.0 Å². The number of hydrogen-bond acceptors (Lipinski definition) is 2. The van der Waals surface area contributed by atoms with E-state index in [-0.39, 0.29) is 23.5 Å². The van der Waals surface area contributed by atoms with E-state index >= 15 is 0 Å². The molecule has 0 aromatic heterocycles. The van der Waals surface area contributed by atoms with Crippen molar-refractivity contribution in [2.75, 3.05) is 13.6 Å². The fraction of sp³-hybridized carbons (Fsp3) is 0.500. The molecule has 4 nitrogen and oxygen atoms in total. The topological polar surface area (TPSA) is 49.4 Å². The normalized spacial score (nSPS) is 22.2. The van der Waals surface area contributed by atoms with Crippen LogP contribution in [-0.4, -0.2) is 30.3 Å². The van der Waals surface area contributed by atoms with E-state index < -0.39 is 6.04 Å². The Bertz CT molecular complexity index is 533. The van der Waals surface area contributed by atoms with Crippen LogP contribution in [0.15, 0.2) is 24.3 Å². The minimum absolute atomic E-state index is 0.0104. The summed E-state index contributed by atoms with van der Waals surface area (Å²) in [5, 5.41) is 2.88. The summed E-state index contributed by atoms with van der Waals surface area (Å²) in [6, 6.07) is 5.74. The van der Waals surface area contributed by atoms with Gasteiger partial charge < -0.3 is 10.2 Å². The summed E-state index contributed by atoms with van der Waals surface area (Å²) in [7, 11) is 1.68. The van der Waals surface area contributed by atoms with Crippen molar-refractivity contribution in [1.29, 1.82) is 0 Å². The van der Waals surface area contributed by atoms with Gasteiger partial charge in [0.1, 0.15) is 5.82 Å². The van der Waals surface area contributed by atoms with Crippen LogP contribution in [0.3, 0.4) is 0 Å². The van der Waals surface area contributed by atoms with Gasteiger partial charge in [0.25, 0.3) is 0 Å². The van der Waals surface area contributed by atoms with Crippen molar-refractivity contribution in [2.24, 2.45) is 5.92 Å². The third-order valence-corrected chi connectivity index (χ3v) is 3.94. The molecular weight excluding hydrogens is 271 g/mol. The van der Waals surface area contributed by atoms with Gasteiger partial charge in [-0.15, -0.1) is 0 Å². The first-order valence-corrected chi connectivity index (χ1v) is 7.33. The van der Waals surface area contributed by atoms with E-state index in [1.165, 1.54) is 12.1 Å². The van der Waals surface area contributed by atoms with Gasteiger partial charge in [-0.2, -0.15) is 0 Å². The van der Waals surface area contributed by atoms with Crippen LogP contribution < -0.4 is 5.32 Å². The fourth-order valence-electron chi connectivity index (χ4n) is 2.84. The van der Waals surface area contributed by atoms with Gasteiger partial charge in [-0.05, 0) is 30.5 Å². The first-order chi connectivity index (χ1) is 10.0. The Morgan fingerprint density at radius 2 is 2.24 bits per heavy atom. The maximum atomic E-state index is 13.5. The molecule has 1 aliphatic rings. The Labute approximate surface area is 124 Å². The lowest BCUT2D eigenvalue weighted by molar-refractivity contribution is -0.141. The second kappa shape index (κ2) is 6.70. The molecule has 1 saturated heterocycles. The minimum atomic E-state index is -0.404. The number of piperidine rings is 1. The van der Waals surface area contributed by atoms with Crippen LogP contribution in [0, 0.1) is 11.7 Å². The first-order valence-electron chi connectivity index (χ1n) is 7.33. The number of benzene rings is 1. The quantitative estimate of drug-likeness (QED) is 0.925. The summed E-state index contributed by atoms with van der Waals surface area (Å²) in [4.78, 5) is 25.8. The molecule has 0 spiro atoms. The van der Waals surface area contributed by atoms with Crippen LogP contribution >= 0.6 is 0 Å². The van der Waals surface area contributed by atoms with Crippen molar-refractivity contribution in [3.8, 4) is 0 Å². The average molecular weight is 292 g/mol. The number of hydrogen-bond donors (Lipinski definition) is 1. The predicted octanol–water partition coefficient (Wildman–Crippen LogP) is 2.26. The van der Waals surface area contributed by atoms with Crippen molar-refractivity contribution >= 4 is 11.8 Å². The van der Waals surface area contributed by atoms with Crippen LogP contribution in [0.25, 0.3) is 0 Å². The summed E-state index contributed by atoms with van der Waals surface area (Å²) in [5.41, 5.74) is 0.669. The van der Waals surface area contributed by atoms with Gasteiger partial charge in [-0.25, -0.2) is 4.39 Å². The van der Waals surface area contributed by atoms with Gasteiger partial charge in [0.2, 0.25) is 11.8 Å². The van der Waals surface area contributed by atoms with Gasteiger partial charge in [-0.3, -0.25) is 9.59 Å². The average Bonchev–Trinajstić information content (AvgIpc) is 2.47. The highest BCUT2D eigenvalue weighted by Crippen LogP contribution is 2.36. The van der Waals surface area contributed by atoms with Crippen molar-refractivity contribution in [2.45, 2.75) is 32.2 Å². The molecule has 2 amide bonds. The molecule has 1 aromatic rings. The smallest absolute Gasteiger partial charge is 0.225 e. The molecule has 114 valence electrons. The largest absolute Gasteiger partial charge is 0.356 e. The summed E-state index contributed by atoms with van der Waals surface area (Å²) in [6.07, 6.45) is 1.71. The molecular formula is C16H21FN2O2. The Morgan fingerprint density at radius 1 is 1.48 bits per heavy atom. The zero-order valence-corrected chi connectivity index (χ0v) is 12.4. The standard InChI is InChI=1S/C16H21FN2O2/c1-3-9-18-16(21)13-7-8-14(20)19(2)15(13)11-5-4-6-12(17)10-11/h4-6,10,13,15H,3,7-9H2,1-2H3,(H,18,21). The number of rotatable bonds is 4. The second-order valence-electron chi connectivity index (χ2n) is 5.44. The SMILES string of the molecule is CCCNC(=O)C1CCC(=O)N(C)C1c1cccc(F)c1. The number of carbonyl (C=O) groups excluding carboxylic acids is 2. The summed E-state index contributed by atoms with van der Waals surface area (Å²) >= 11 is 0. The van der Waals surface area contributed by atoms with Gasteiger partial charge in [-0.1, -0.05) is 19.1 Å². The Morgan fingerprint density at radius 3 is 2.90 bits per heavy atom. The van der Waals surface area contributed by atoms with Crippen molar-refractivity contribution < 1.29 is 14.0 Å². The van der Waals surface area contributed by atoms with Crippen molar-refractivity contribution in [3.05, 3.63) is 35.6 Å². The molecule has 0 saturated carbocycles. The van der Waals surface area contributed by atoms with E-state index in [2.05, 4.69) is 5.32 Å². The summed E-state index contributed by atoms with van der Waals surface area (Å²) in [5.74, 6) is -0.762. The number of nitrogens with zero attached hydrogens (tertiary/aromatic N) is 1.